The molecule has 0 heterocycles. The Bertz CT molecular complexity index is 1260. The molecule has 0 fully saturated rings. The van der Waals surface area contributed by atoms with Gasteiger partial charge >= 0.3 is 0 Å². The van der Waals surface area contributed by atoms with Gasteiger partial charge in [-0.2, -0.15) is 0 Å². The molecule has 0 spiro atoms. The maximum atomic E-state index is 11.3. The number of aliphatic hydroxyl groups is 1. The van der Waals surface area contributed by atoms with Crippen molar-refractivity contribution in [1.82, 2.24) is 4.90 Å². The number of aliphatic hydroxyl groups excluding tert-OH is 1. The lowest BCUT2D eigenvalue weighted by molar-refractivity contribution is 0.0649. The fraction of sp³-hybridized carbons (Fsp3) is 0.273. The summed E-state index contributed by atoms with van der Waals surface area (Å²) in [7, 11) is 1.68. The van der Waals surface area contributed by atoms with Crippen LogP contribution in [0.25, 0.3) is 0 Å². The number of benzene rings is 4. The van der Waals surface area contributed by atoms with Crippen LogP contribution < -0.4 is 15.2 Å². The van der Waals surface area contributed by atoms with E-state index < -0.39 is 6.10 Å². The topological polar surface area (TPSA) is 68.0 Å². The zero-order valence-corrected chi connectivity index (χ0v) is 22.5. The summed E-state index contributed by atoms with van der Waals surface area (Å²) in [5.41, 5.74) is 11.1. The number of anilines is 1. The summed E-state index contributed by atoms with van der Waals surface area (Å²) >= 11 is 0. The van der Waals surface area contributed by atoms with E-state index in [4.69, 9.17) is 15.2 Å². The standard InChI is InChI=1S/C33H38N2O3/c1-24(20-26-14-17-30(37-3)18-15-26)35(25(2)28-12-8-5-9-13-28)22-32(36)29-16-19-33(31(34)21-29)38-23-27-10-6-4-7-11-27/h4-19,21,24-25,32,36H,20,22-23,34H2,1-3H3/t24-,25+,32-/m1/s1. The molecule has 0 amide bonds. The average molecular weight is 511 g/mol. The fourth-order valence-electron chi connectivity index (χ4n) is 4.81. The molecule has 5 heteroatoms. The Balaban J connectivity index is 1.49. The van der Waals surface area contributed by atoms with Crippen LogP contribution in [-0.2, 0) is 13.0 Å². The summed E-state index contributed by atoms with van der Waals surface area (Å²) in [4.78, 5) is 2.36. The van der Waals surface area contributed by atoms with Crippen LogP contribution in [0.4, 0.5) is 5.69 Å². The first-order valence-electron chi connectivity index (χ1n) is 13.1. The highest BCUT2D eigenvalue weighted by molar-refractivity contribution is 5.54. The summed E-state index contributed by atoms with van der Waals surface area (Å²) in [6.07, 6.45) is 0.146. The second-order valence-electron chi connectivity index (χ2n) is 9.77. The van der Waals surface area contributed by atoms with E-state index >= 15 is 0 Å². The predicted octanol–water partition coefficient (Wildman–Crippen LogP) is 6.58. The van der Waals surface area contributed by atoms with Crippen LogP contribution in [0, 0.1) is 0 Å². The summed E-state index contributed by atoms with van der Waals surface area (Å²) in [6.45, 7) is 5.32. The van der Waals surface area contributed by atoms with Gasteiger partial charge < -0.3 is 20.3 Å². The third kappa shape index (κ3) is 7.15. The second-order valence-corrected chi connectivity index (χ2v) is 9.77. The molecular weight excluding hydrogens is 472 g/mol. The molecule has 5 nitrogen and oxygen atoms in total. The molecule has 198 valence electrons. The van der Waals surface area contributed by atoms with E-state index in [9.17, 15) is 5.11 Å². The molecule has 0 saturated carbocycles. The minimum atomic E-state index is -0.704. The third-order valence-corrected chi connectivity index (χ3v) is 7.08. The Kier molecular flexibility index (Phi) is 9.41. The van der Waals surface area contributed by atoms with E-state index in [0.29, 0.717) is 24.6 Å². The predicted molar refractivity (Wildman–Crippen MR) is 154 cm³/mol. The van der Waals surface area contributed by atoms with Crippen molar-refractivity contribution in [2.24, 2.45) is 0 Å². The van der Waals surface area contributed by atoms with E-state index in [1.165, 1.54) is 11.1 Å². The molecule has 0 unspecified atom stereocenters. The van der Waals surface area contributed by atoms with Crippen LogP contribution in [0.15, 0.2) is 103 Å². The van der Waals surface area contributed by atoms with Crippen molar-refractivity contribution in [3.63, 3.8) is 0 Å². The SMILES string of the molecule is COc1ccc(C[C@@H](C)N(C[C@@H](O)c2ccc(OCc3ccccc3)c(N)c2)[C@@H](C)c2ccccc2)cc1. The van der Waals surface area contributed by atoms with E-state index in [0.717, 1.165) is 23.3 Å². The normalized spacial score (nSPS) is 13.6. The summed E-state index contributed by atoms with van der Waals surface area (Å²) in [5.74, 6) is 1.47. The lowest BCUT2D eigenvalue weighted by atomic mass is 9.99. The van der Waals surface area contributed by atoms with Gasteiger partial charge in [-0.05, 0) is 66.8 Å². The Hall–Kier alpha value is -3.80. The van der Waals surface area contributed by atoms with Crippen molar-refractivity contribution in [1.29, 1.82) is 0 Å². The fourth-order valence-corrected chi connectivity index (χ4v) is 4.81. The molecule has 0 radical (unpaired) electrons. The van der Waals surface area contributed by atoms with Crippen molar-refractivity contribution in [2.45, 2.75) is 45.1 Å². The minimum absolute atomic E-state index is 0.116. The molecule has 0 bridgehead atoms. The summed E-state index contributed by atoms with van der Waals surface area (Å²) < 4.78 is 11.2. The number of hydrogen-bond donors (Lipinski definition) is 2. The van der Waals surface area contributed by atoms with Crippen molar-refractivity contribution < 1.29 is 14.6 Å². The first-order chi connectivity index (χ1) is 18.4. The maximum Gasteiger partial charge on any atom is 0.142 e. The molecule has 0 aliphatic rings. The van der Waals surface area contributed by atoms with E-state index in [2.05, 4.69) is 55.1 Å². The number of nitrogen functional groups attached to an aromatic ring is 1. The molecule has 38 heavy (non-hydrogen) atoms. The highest BCUT2D eigenvalue weighted by atomic mass is 16.5. The molecule has 4 aromatic carbocycles. The quantitative estimate of drug-likeness (QED) is 0.211. The Morgan fingerprint density at radius 2 is 1.45 bits per heavy atom. The van der Waals surface area contributed by atoms with Crippen molar-refractivity contribution >= 4 is 5.69 Å². The molecular formula is C33H38N2O3. The van der Waals surface area contributed by atoms with Crippen molar-refractivity contribution in [3.8, 4) is 11.5 Å². The number of rotatable bonds is 12. The monoisotopic (exact) mass is 510 g/mol. The second kappa shape index (κ2) is 13.1. The smallest absolute Gasteiger partial charge is 0.142 e. The van der Waals surface area contributed by atoms with Gasteiger partial charge in [-0.15, -0.1) is 0 Å². The third-order valence-electron chi connectivity index (χ3n) is 7.08. The van der Waals surface area contributed by atoms with Gasteiger partial charge in [-0.1, -0.05) is 78.9 Å². The largest absolute Gasteiger partial charge is 0.497 e. The molecule has 3 N–H and O–H groups in total. The van der Waals surface area contributed by atoms with E-state index in [-0.39, 0.29) is 12.1 Å². The zero-order chi connectivity index (χ0) is 26.9. The zero-order valence-electron chi connectivity index (χ0n) is 22.5. The van der Waals surface area contributed by atoms with Gasteiger partial charge in [0.1, 0.15) is 18.1 Å². The van der Waals surface area contributed by atoms with Crippen LogP contribution in [-0.4, -0.2) is 29.7 Å². The van der Waals surface area contributed by atoms with E-state index in [1.54, 1.807) is 7.11 Å². The van der Waals surface area contributed by atoms with Gasteiger partial charge in [-0.3, -0.25) is 4.90 Å². The van der Waals surface area contributed by atoms with Gasteiger partial charge in [0, 0.05) is 18.6 Å². The van der Waals surface area contributed by atoms with E-state index in [1.807, 2.05) is 66.7 Å². The molecule has 0 saturated heterocycles. The number of hydrogen-bond acceptors (Lipinski definition) is 5. The van der Waals surface area contributed by atoms with Gasteiger partial charge in [0.25, 0.3) is 0 Å². The molecule has 4 rings (SSSR count). The van der Waals surface area contributed by atoms with Crippen LogP contribution in [0.3, 0.4) is 0 Å². The van der Waals surface area contributed by atoms with Crippen molar-refractivity contribution in [2.75, 3.05) is 19.4 Å². The van der Waals surface area contributed by atoms with Crippen LogP contribution >= 0.6 is 0 Å². The minimum Gasteiger partial charge on any atom is -0.497 e. The average Bonchev–Trinajstić information content (AvgIpc) is 2.96. The van der Waals surface area contributed by atoms with Gasteiger partial charge in [0.2, 0.25) is 0 Å². The summed E-state index contributed by atoms with van der Waals surface area (Å²) in [5, 5.41) is 11.3. The van der Waals surface area contributed by atoms with Crippen LogP contribution in [0.1, 0.15) is 48.2 Å². The Morgan fingerprint density at radius 1 is 0.789 bits per heavy atom. The highest BCUT2D eigenvalue weighted by Crippen LogP contribution is 2.30. The Labute approximate surface area is 226 Å². The number of nitrogens with zero attached hydrogens (tertiary/aromatic N) is 1. The van der Waals surface area contributed by atoms with Crippen molar-refractivity contribution in [3.05, 3.63) is 125 Å². The van der Waals surface area contributed by atoms with Crippen LogP contribution in [0.2, 0.25) is 0 Å². The maximum absolute atomic E-state index is 11.3. The Morgan fingerprint density at radius 3 is 2.08 bits per heavy atom. The van der Waals surface area contributed by atoms with Gasteiger partial charge in [0.05, 0.1) is 18.9 Å². The van der Waals surface area contributed by atoms with Gasteiger partial charge in [0.15, 0.2) is 0 Å². The molecule has 0 aromatic heterocycles. The lowest BCUT2D eigenvalue weighted by Crippen LogP contribution is -2.39. The van der Waals surface area contributed by atoms with Crippen LogP contribution in [0.5, 0.6) is 11.5 Å². The number of ether oxygens (including phenoxy) is 2. The molecule has 0 aliphatic carbocycles. The molecule has 4 aromatic rings. The molecule has 0 aliphatic heterocycles. The lowest BCUT2D eigenvalue weighted by Gasteiger charge is -2.36. The molecule has 3 atom stereocenters. The summed E-state index contributed by atoms with van der Waals surface area (Å²) in [6, 6.07) is 34.5. The van der Waals surface area contributed by atoms with Gasteiger partial charge in [-0.25, -0.2) is 0 Å². The number of methoxy groups -OCH3 is 1. The first-order valence-corrected chi connectivity index (χ1v) is 13.1. The highest BCUT2D eigenvalue weighted by Gasteiger charge is 2.25. The first kappa shape index (κ1) is 27.2. The number of nitrogens with two attached hydrogens (primary N) is 1.